The molecule has 0 aromatic heterocycles. The standard InChI is InChI=1S/C28H28O6/c1-3-27(30)33-17-9-5-4-8-16-32-23-14-12-21(13-15-23)28(31)34-26-18-22(19-29)20(2)24-10-6-7-11-25(24)26/h3,6-7,10-15,18-19H,1,4-5,8-9,16-17H2,2H3. The predicted octanol–water partition coefficient (Wildman–Crippen LogP) is 5.85. The molecule has 0 aliphatic rings. The highest BCUT2D eigenvalue weighted by atomic mass is 16.5. The van der Waals surface area contributed by atoms with Crippen LogP contribution in [0, 0.1) is 6.92 Å². The summed E-state index contributed by atoms with van der Waals surface area (Å²) in [5, 5.41) is 1.65. The highest BCUT2D eigenvalue weighted by Gasteiger charge is 2.14. The van der Waals surface area contributed by atoms with Crippen LogP contribution in [-0.2, 0) is 9.53 Å². The second kappa shape index (κ2) is 12.3. The van der Waals surface area contributed by atoms with E-state index in [-0.39, 0.29) is 0 Å². The van der Waals surface area contributed by atoms with Crippen LogP contribution in [0.4, 0.5) is 0 Å². The topological polar surface area (TPSA) is 78.9 Å². The molecule has 6 heteroatoms. The Morgan fingerprint density at radius 3 is 2.26 bits per heavy atom. The molecule has 0 atom stereocenters. The molecule has 6 nitrogen and oxygen atoms in total. The maximum Gasteiger partial charge on any atom is 0.343 e. The van der Waals surface area contributed by atoms with Gasteiger partial charge in [0.2, 0.25) is 0 Å². The van der Waals surface area contributed by atoms with E-state index in [1.165, 1.54) is 0 Å². The molecule has 0 saturated heterocycles. The van der Waals surface area contributed by atoms with Crippen molar-refractivity contribution in [1.29, 1.82) is 0 Å². The van der Waals surface area contributed by atoms with E-state index in [1.807, 2.05) is 31.2 Å². The van der Waals surface area contributed by atoms with Gasteiger partial charge in [-0.3, -0.25) is 4.79 Å². The monoisotopic (exact) mass is 460 g/mol. The van der Waals surface area contributed by atoms with Gasteiger partial charge in [0.05, 0.1) is 18.8 Å². The van der Waals surface area contributed by atoms with Crippen LogP contribution in [0.2, 0.25) is 0 Å². The Kier molecular flexibility index (Phi) is 8.97. The van der Waals surface area contributed by atoms with Gasteiger partial charge in [0, 0.05) is 17.0 Å². The maximum atomic E-state index is 12.7. The van der Waals surface area contributed by atoms with Gasteiger partial charge in [-0.25, -0.2) is 9.59 Å². The number of esters is 2. The van der Waals surface area contributed by atoms with E-state index in [0.717, 1.165) is 54.4 Å². The van der Waals surface area contributed by atoms with E-state index in [4.69, 9.17) is 14.2 Å². The zero-order chi connectivity index (χ0) is 24.3. The van der Waals surface area contributed by atoms with Gasteiger partial charge in [0.1, 0.15) is 17.8 Å². The molecule has 3 aromatic rings. The number of aldehydes is 1. The Bertz CT molecular complexity index is 1160. The first kappa shape index (κ1) is 24.7. The molecule has 0 heterocycles. The van der Waals surface area contributed by atoms with Crippen molar-refractivity contribution in [3.63, 3.8) is 0 Å². The molecule has 0 spiro atoms. The first-order valence-electron chi connectivity index (χ1n) is 11.2. The van der Waals surface area contributed by atoms with Gasteiger partial charge in [-0.05, 0) is 73.9 Å². The number of aryl methyl sites for hydroxylation is 1. The minimum Gasteiger partial charge on any atom is -0.494 e. The van der Waals surface area contributed by atoms with Crippen molar-refractivity contribution in [1.82, 2.24) is 0 Å². The molecule has 0 amide bonds. The summed E-state index contributed by atoms with van der Waals surface area (Å²) in [6, 6.07) is 15.9. The second-order valence-corrected chi connectivity index (χ2v) is 7.80. The molecule has 3 aromatic carbocycles. The Morgan fingerprint density at radius 1 is 0.912 bits per heavy atom. The van der Waals surface area contributed by atoms with E-state index in [0.29, 0.717) is 35.8 Å². The lowest BCUT2D eigenvalue weighted by Gasteiger charge is -2.12. The highest BCUT2D eigenvalue weighted by molar-refractivity contribution is 6.00. The number of carbonyl (C=O) groups excluding carboxylic acids is 3. The smallest absolute Gasteiger partial charge is 0.343 e. The number of ether oxygens (including phenoxy) is 3. The van der Waals surface area contributed by atoms with Gasteiger partial charge in [0.25, 0.3) is 0 Å². The third-order valence-corrected chi connectivity index (χ3v) is 5.45. The summed E-state index contributed by atoms with van der Waals surface area (Å²) >= 11 is 0. The molecule has 0 bridgehead atoms. The number of hydrogen-bond acceptors (Lipinski definition) is 6. The zero-order valence-electron chi connectivity index (χ0n) is 19.3. The summed E-state index contributed by atoms with van der Waals surface area (Å²) < 4.78 is 16.3. The van der Waals surface area contributed by atoms with E-state index in [1.54, 1.807) is 30.3 Å². The van der Waals surface area contributed by atoms with Crippen LogP contribution in [-0.4, -0.2) is 31.4 Å². The summed E-state index contributed by atoms with van der Waals surface area (Å²) in [7, 11) is 0. The number of benzene rings is 3. The van der Waals surface area contributed by atoms with E-state index >= 15 is 0 Å². The average molecular weight is 461 g/mol. The molecule has 3 rings (SSSR count). The Morgan fingerprint density at radius 2 is 1.59 bits per heavy atom. The quantitative estimate of drug-likeness (QED) is 0.111. The molecule has 0 saturated carbocycles. The Labute approximate surface area is 199 Å². The van der Waals surface area contributed by atoms with Crippen LogP contribution in [0.25, 0.3) is 10.8 Å². The van der Waals surface area contributed by atoms with Crippen molar-refractivity contribution in [3.8, 4) is 11.5 Å². The summed E-state index contributed by atoms with van der Waals surface area (Å²) in [5.74, 6) is 0.122. The molecule has 0 aliphatic carbocycles. The molecular weight excluding hydrogens is 432 g/mol. The molecule has 0 N–H and O–H groups in total. The number of rotatable bonds is 12. The maximum absolute atomic E-state index is 12.7. The summed E-state index contributed by atoms with van der Waals surface area (Å²) in [4.78, 5) is 35.1. The minimum atomic E-state index is -0.505. The van der Waals surface area contributed by atoms with Crippen LogP contribution in [0.3, 0.4) is 0 Å². The first-order valence-corrected chi connectivity index (χ1v) is 11.2. The van der Waals surface area contributed by atoms with Crippen molar-refractivity contribution in [2.75, 3.05) is 13.2 Å². The molecule has 34 heavy (non-hydrogen) atoms. The van der Waals surface area contributed by atoms with E-state index < -0.39 is 11.9 Å². The fourth-order valence-electron chi connectivity index (χ4n) is 3.54. The number of carbonyl (C=O) groups is 3. The highest BCUT2D eigenvalue weighted by Crippen LogP contribution is 2.31. The normalized spacial score (nSPS) is 10.5. The largest absolute Gasteiger partial charge is 0.494 e. The van der Waals surface area contributed by atoms with Gasteiger partial charge in [-0.2, -0.15) is 0 Å². The second-order valence-electron chi connectivity index (χ2n) is 7.80. The van der Waals surface area contributed by atoms with Gasteiger partial charge in [-0.1, -0.05) is 30.8 Å². The van der Waals surface area contributed by atoms with E-state index in [9.17, 15) is 14.4 Å². The first-order chi connectivity index (χ1) is 16.5. The molecule has 0 radical (unpaired) electrons. The van der Waals surface area contributed by atoms with Gasteiger partial charge in [0.15, 0.2) is 0 Å². The number of hydrogen-bond donors (Lipinski definition) is 0. The van der Waals surface area contributed by atoms with Crippen LogP contribution in [0.15, 0.2) is 67.3 Å². The Hall–Kier alpha value is -3.93. The molecule has 0 unspecified atom stereocenters. The van der Waals surface area contributed by atoms with Gasteiger partial charge < -0.3 is 14.2 Å². The predicted molar refractivity (Wildman–Crippen MR) is 131 cm³/mol. The van der Waals surface area contributed by atoms with Crippen molar-refractivity contribution in [2.24, 2.45) is 0 Å². The van der Waals surface area contributed by atoms with Crippen LogP contribution in [0.1, 0.15) is 52.0 Å². The zero-order valence-corrected chi connectivity index (χ0v) is 19.3. The Balaban J connectivity index is 1.50. The number of unbranched alkanes of at least 4 members (excludes halogenated alkanes) is 3. The SMILES string of the molecule is C=CC(=O)OCCCCCCOc1ccc(C(=O)Oc2cc(C=O)c(C)c3ccccc23)cc1. The summed E-state index contributed by atoms with van der Waals surface area (Å²) in [6.45, 7) is 6.18. The average Bonchev–Trinajstić information content (AvgIpc) is 2.87. The van der Waals surface area contributed by atoms with Crippen molar-refractivity contribution >= 4 is 29.0 Å². The van der Waals surface area contributed by atoms with Gasteiger partial charge >= 0.3 is 11.9 Å². The molecule has 176 valence electrons. The lowest BCUT2D eigenvalue weighted by Crippen LogP contribution is -2.09. The van der Waals surface area contributed by atoms with Crippen molar-refractivity contribution in [3.05, 3.63) is 83.9 Å². The molecular formula is C28H28O6. The lowest BCUT2D eigenvalue weighted by atomic mass is 10.00. The third-order valence-electron chi connectivity index (χ3n) is 5.45. The van der Waals surface area contributed by atoms with E-state index in [2.05, 4.69) is 6.58 Å². The summed E-state index contributed by atoms with van der Waals surface area (Å²) in [6.07, 6.45) is 5.51. The fraction of sp³-hybridized carbons (Fsp3) is 0.250. The summed E-state index contributed by atoms with van der Waals surface area (Å²) in [5.41, 5.74) is 1.73. The van der Waals surface area contributed by atoms with Crippen LogP contribution in [0.5, 0.6) is 11.5 Å². The van der Waals surface area contributed by atoms with Crippen molar-refractivity contribution < 1.29 is 28.6 Å². The van der Waals surface area contributed by atoms with Crippen LogP contribution < -0.4 is 9.47 Å². The van der Waals surface area contributed by atoms with Crippen LogP contribution >= 0.6 is 0 Å². The fourth-order valence-corrected chi connectivity index (χ4v) is 3.54. The number of fused-ring (bicyclic) bond motifs is 1. The molecule has 0 fully saturated rings. The molecule has 0 aliphatic heterocycles. The third kappa shape index (κ3) is 6.54. The lowest BCUT2D eigenvalue weighted by molar-refractivity contribution is -0.137. The van der Waals surface area contributed by atoms with Crippen molar-refractivity contribution in [2.45, 2.75) is 32.6 Å². The van der Waals surface area contributed by atoms with Gasteiger partial charge in [-0.15, -0.1) is 0 Å². The minimum absolute atomic E-state index is 0.355.